The van der Waals surface area contributed by atoms with E-state index in [0.29, 0.717) is 5.92 Å². The minimum atomic E-state index is 0.522. The summed E-state index contributed by atoms with van der Waals surface area (Å²) in [4.78, 5) is 0. The molecular formula is C13H16O. The van der Waals surface area contributed by atoms with Crippen LogP contribution >= 0.6 is 0 Å². The van der Waals surface area contributed by atoms with Gasteiger partial charge < -0.3 is 4.74 Å². The van der Waals surface area contributed by atoms with Gasteiger partial charge in [0.1, 0.15) is 5.75 Å². The average molecular weight is 188 g/mol. The molecule has 1 nitrogen and oxygen atoms in total. The molecule has 74 valence electrons. The maximum absolute atomic E-state index is 5.37. The van der Waals surface area contributed by atoms with Crippen molar-refractivity contribution in [1.82, 2.24) is 0 Å². The first kappa shape index (κ1) is 9.32. The van der Waals surface area contributed by atoms with Crippen molar-refractivity contribution >= 4 is 0 Å². The Morgan fingerprint density at radius 3 is 3.07 bits per heavy atom. The van der Waals surface area contributed by atoms with Gasteiger partial charge in [-0.3, -0.25) is 0 Å². The normalized spacial score (nSPS) is 19.9. The zero-order chi connectivity index (χ0) is 9.97. The lowest BCUT2D eigenvalue weighted by Gasteiger charge is -2.24. The van der Waals surface area contributed by atoms with Crippen molar-refractivity contribution in [2.75, 3.05) is 7.11 Å². The fourth-order valence-corrected chi connectivity index (χ4v) is 2.29. The van der Waals surface area contributed by atoms with Crippen LogP contribution in [-0.2, 0) is 6.42 Å². The summed E-state index contributed by atoms with van der Waals surface area (Å²) in [6, 6.07) is 6.31. The monoisotopic (exact) mass is 188 g/mol. The number of methoxy groups -OCH3 is 1. The standard InChI is InChI=1S/C13H16O/c1-3-10-6-4-8-12-11(10)7-5-9-13(12)14-2/h3,5,7,9-10H,1,4,6,8H2,2H3. The van der Waals surface area contributed by atoms with E-state index in [2.05, 4.69) is 24.8 Å². The van der Waals surface area contributed by atoms with Crippen LogP contribution in [0.4, 0.5) is 0 Å². The van der Waals surface area contributed by atoms with E-state index in [0.717, 1.165) is 12.2 Å². The lowest BCUT2D eigenvalue weighted by atomic mass is 9.82. The maximum Gasteiger partial charge on any atom is 0.122 e. The molecule has 14 heavy (non-hydrogen) atoms. The SMILES string of the molecule is C=CC1CCCc2c(OC)cccc21. The summed E-state index contributed by atoms with van der Waals surface area (Å²) in [6.45, 7) is 3.90. The highest BCUT2D eigenvalue weighted by molar-refractivity contribution is 5.44. The van der Waals surface area contributed by atoms with Crippen LogP contribution < -0.4 is 4.74 Å². The summed E-state index contributed by atoms with van der Waals surface area (Å²) in [5.74, 6) is 1.56. The van der Waals surface area contributed by atoms with E-state index in [1.807, 2.05) is 6.07 Å². The van der Waals surface area contributed by atoms with Crippen molar-refractivity contribution in [2.24, 2.45) is 0 Å². The van der Waals surface area contributed by atoms with E-state index < -0.39 is 0 Å². The van der Waals surface area contributed by atoms with Crippen LogP contribution in [0.15, 0.2) is 30.9 Å². The van der Waals surface area contributed by atoms with Gasteiger partial charge >= 0.3 is 0 Å². The van der Waals surface area contributed by atoms with Gasteiger partial charge in [0.15, 0.2) is 0 Å². The molecule has 0 radical (unpaired) electrons. The van der Waals surface area contributed by atoms with Gasteiger partial charge in [-0.15, -0.1) is 6.58 Å². The molecule has 0 saturated carbocycles. The van der Waals surface area contributed by atoms with Crippen molar-refractivity contribution in [3.05, 3.63) is 42.0 Å². The average Bonchev–Trinajstić information content (AvgIpc) is 2.27. The Labute approximate surface area is 85.4 Å². The summed E-state index contributed by atoms with van der Waals surface area (Å²) in [5.41, 5.74) is 2.79. The number of rotatable bonds is 2. The lowest BCUT2D eigenvalue weighted by Crippen LogP contribution is -2.08. The topological polar surface area (TPSA) is 9.23 Å². The van der Waals surface area contributed by atoms with Gasteiger partial charge in [0, 0.05) is 5.92 Å². The van der Waals surface area contributed by atoms with E-state index >= 15 is 0 Å². The molecule has 1 aliphatic rings. The zero-order valence-electron chi connectivity index (χ0n) is 8.62. The molecule has 1 aromatic rings. The largest absolute Gasteiger partial charge is 0.496 e. The first-order valence-corrected chi connectivity index (χ1v) is 5.15. The Morgan fingerprint density at radius 1 is 1.50 bits per heavy atom. The van der Waals surface area contributed by atoms with E-state index in [1.54, 1.807) is 7.11 Å². The third-order valence-corrected chi connectivity index (χ3v) is 3.02. The van der Waals surface area contributed by atoms with Crippen LogP contribution in [0.3, 0.4) is 0 Å². The van der Waals surface area contributed by atoms with Gasteiger partial charge in [0.05, 0.1) is 7.11 Å². The molecule has 0 aliphatic heterocycles. The highest BCUT2D eigenvalue weighted by Crippen LogP contribution is 2.36. The highest BCUT2D eigenvalue weighted by Gasteiger charge is 2.19. The molecule has 0 N–H and O–H groups in total. The van der Waals surface area contributed by atoms with Gasteiger partial charge in [-0.1, -0.05) is 18.2 Å². The molecule has 1 atom stereocenters. The fraction of sp³-hybridized carbons (Fsp3) is 0.385. The molecule has 0 aromatic heterocycles. The number of hydrogen-bond acceptors (Lipinski definition) is 1. The van der Waals surface area contributed by atoms with Crippen LogP contribution in [0, 0.1) is 0 Å². The van der Waals surface area contributed by atoms with Crippen molar-refractivity contribution in [2.45, 2.75) is 25.2 Å². The van der Waals surface area contributed by atoms with Crippen LogP contribution in [0.5, 0.6) is 5.75 Å². The second-order valence-corrected chi connectivity index (χ2v) is 3.76. The smallest absolute Gasteiger partial charge is 0.122 e. The minimum absolute atomic E-state index is 0.522. The van der Waals surface area contributed by atoms with Gasteiger partial charge in [-0.2, -0.15) is 0 Å². The molecule has 1 aliphatic carbocycles. The fourth-order valence-electron chi connectivity index (χ4n) is 2.29. The number of ether oxygens (including phenoxy) is 1. The van der Waals surface area contributed by atoms with Crippen LogP contribution in [0.25, 0.3) is 0 Å². The van der Waals surface area contributed by atoms with Crippen molar-refractivity contribution in [3.8, 4) is 5.75 Å². The Bertz CT molecular complexity index is 341. The van der Waals surface area contributed by atoms with E-state index in [1.165, 1.54) is 24.0 Å². The molecular weight excluding hydrogens is 172 g/mol. The number of benzene rings is 1. The molecule has 0 saturated heterocycles. The first-order valence-electron chi connectivity index (χ1n) is 5.15. The molecule has 0 heterocycles. The summed E-state index contributed by atoms with van der Waals surface area (Å²) in [7, 11) is 1.74. The highest BCUT2D eigenvalue weighted by atomic mass is 16.5. The Kier molecular flexibility index (Phi) is 2.58. The summed E-state index contributed by atoms with van der Waals surface area (Å²) < 4.78 is 5.37. The summed E-state index contributed by atoms with van der Waals surface area (Å²) in [6.07, 6.45) is 5.66. The van der Waals surface area contributed by atoms with E-state index in [4.69, 9.17) is 4.74 Å². The van der Waals surface area contributed by atoms with Gasteiger partial charge in [0.25, 0.3) is 0 Å². The predicted molar refractivity (Wildman–Crippen MR) is 58.9 cm³/mol. The van der Waals surface area contributed by atoms with Gasteiger partial charge in [-0.05, 0) is 36.5 Å². The zero-order valence-corrected chi connectivity index (χ0v) is 8.62. The maximum atomic E-state index is 5.37. The number of allylic oxidation sites excluding steroid dienone is 1. The Hall–Kier alpha value is -1.24. The van der Waals surface area contributed by atoms with Crippen LogP contribution in [0.2, 0.25) is 0 Å². The van der Waals surface area contributed by atoms with Gasteiger partial charge in [0.2, 0.25) is 0 Å². The van der Waals surface area contributed by atoms with Crippen molar-refractivity contribution in [1.29, 1.82) is 0 Å². The lowest BCUT2D eigenvalue weighted by molar-refractivity contribution is 0.405. The molecule has 1 heteroatoms. The second-order valence-electron chi connectivity index (χ2n) is 3.76. The van der Waals surface area contributed by atoms with E-state index in [9.17, 15) is 0 Å². The van der Waals surface area contributed by atoms with E-state index in [-0.39, 0.29) is 0 Å². The minimum Gasteiger partial charge on any atom is -0.496 e. The number of hydrogen-bond donors (Lipinski definition) is 0. The molecule has 0 fully saturated rings. The Morgan fingerprint density at radius 2 is 2.36 bits per heavy atom. The van der Waals surface area contributed by atoms with Crippen molar-refractivity contribution in [3.63, 3.8) is 0 Å². The first-order chi connectivity index (χ1) is 6.86. The summed E-state index contributed by atoms with van der Waals surface area (Å²) >= 11 is 0. The van der Waals surface area contributed by atoms with Crippen molar-refractivity contribution < 1.29 is 4.74 Å². The molecule has 0 spiro atoms. The second kappa shape index (κ2) is 3.87. The quantitative estimate of drug-likeness (QED) is 0.647. The molecule has 1 aromatic carbocycles. The predicted octanol–water partition coefficient (Wildman–Crippen LogP) is 3.30. The number of fused-ring (bicyclic) bond motifs is 1. The third-order valence-electron chi connectivity index (χ3n) is 3.02. The van der Waals surface area contributed by atoms with Crippen LogP contribution in [0.1, 0.15) is 29.9 Å². The molecule has 1 unspecified atom stereocenters. The molecule has 0 amide bonds. The molecule has 0 bridgehead atoms. The Balaban J connectivity index is 2.48. The van der Waals surface area contributed by atoms with Crippen LogP contribution in [-0.4, -0.2) is 7.11 Å². The summed E-state index contributed by atoms with van der Waals surface area (Å²) in [5, 5.41) is 0. The molecule has 2 rings (SSSR count). The van der Waals surface area contributed by atoms with Gasteiger partial charge in [-0.25, -0.2) is 0 Å². The third kappa shape index (κ3) is 1.43.